The quantitative estimate of drug-likeness (QED) is 0.357. The monoisotopic (exact) mass is 514 g/mol. The van der Waals surface area contributed by atoms with E-state index in [1.54, 1.807) is 32.9 Å². The van der Waals surface area contributed by atoms with E-state index in [4.69, 9.17) is 16.0 Å². The van der Waals surface area contributed by atoms with Crippen LogP contribution < -0.4 is 10.3 Å². The van der Waals surface area contributed by atoms with Gasteiger partial charge in [0.05, 0.1) is 22.0 Å². The average molecular weight is 515 g/mol. The Morgan fingerprint density at radius 2 is 1.71 bits per heavy atom. The Kier molecular flexibility index (Phi) is 6.41. The van der Waals surface area contributed by atoms with E-state index in [1.807, 2.05) is 0 Å². The molecule has 4 aromatic rings. The van der Waals surface area contributed by atoms with Gasteiger partial charge in [-0.3, -0.25) is 14.7 Å². The lowest BCUT2D eigenvalue weighted by Gasteiger charge is -2.04. The summed E-state index contributed by atoms with van der Waals surface area (Å²) in [5.41, 5.74) is 0.740. The fraction of sp³-hybridized carbons (Fsp3) is 0.136. The van der Waals surface area contributed by atoms with Crippen molar-refractivity contribution in [2.24, 2.45) is 10.2 Å². The summed E-state index contributed by atoms with van der Waals surface area (Å²) in [5.74, 6) is -0.0675. The Labute approximate surface area is 204 Å². The maximum Gasteiger partial charge on any atom is 0.309 e. The van der Waals surface area contributed by atoms with Crippen LogP contribution in [0.25, 0.3) is 0 Å². The van der Waals surface area contributed by atoms with Crippen molar-refractivity contribution < 1.29 is 17.6 Å². The molecule has 0 fully saturated rings. The first-order valence-electron chi connectivity index (χ1n) is 10.2. The summed E-state index contributed by atoms with van der Waals surface area (Å²) < 4.78 is 33.5. The molecule has 0 saturated heterocycles. The zero-order chi connectivity index (χ0) is 25.3. The molecule has 2 aromatic carbocycles. The van der Waals surface area contributed by atoms with E-state index >= 15 is 0 Å². The number of carbonyl (C=O) groups excluding carboxylic acids is 1. The van der Waals surface area contributed by atoms with Gasteiger partial charge in [-0.25, -0.2) is 13.1 Å². The van der Waals surface area contributed by atoms with Gasteiger partial charge < -0.3 is 4.42 Å². The van der Waals surface area contributed by atoms with E-state index in [0.717, 1.165) is 4.68 Å². The smallest absolute Gasteiger partial charge is 0.309 e. The van der Waals surface area contributed by atoms with Crippen LogP contribution in [0, 0.1) is 20.8 Å². The number of oxazole rings is 1. The summed E-state index contributed by atoms with van der Waals surface area (Å²) in [6, 6.07) is 11.5. The minimum absolute atomic E-state index is 0.0429. The van der Waals surface area contributed by atoms with Crippen molar-refractivity contribution in [3.63, 3.8) is 0 Å². The van der Waals surface area contributed by atoms with Gasteiger partial charge in [0, 0.05) is 10.6 Å². The number of carbonyl (C=O) groups is 1. The lowest BCUT2D eigenvalue weighted by atomic mass is 10.2. The lowest BCUT2D eigenvalue weighted by Crippen LogP contribution is -2.25. The van der Waals surface area contributed by atoms with Crippen LogP contribution in [0.4, 0.5) is 17.4 Å². The van der Waals surface area contributed by atoms with Crippen LogP contribution in [0.15, 0.2) is 72.9 Å². The molecule has 0 amide bonds. The van der Waals surface area contributed by atoms with Crippen molar-refractivity contribution in [1.82, 2.24) is 14.8 Å². The summed E-state index contributed by atoms with van der Waals surface area (Å²) in [5, 5.41) is 11.1. The number of hydrogen-bond acceptors (Lipinski definition) is 8. The van der Waals surface area contributed by atoms with Crippen LogP contribution >= 0.6 is 11.6 Å². The molecule has 0 radical (unpaired) electrons. The van der Waals surface area contributed by atoms with Gasteiger partial charge in [0.25, 0.3) is 15.9 Å². The number of halogens is 1. The lowest BCUT2D eigenvalue weighted by molar-refractivity contribution is 0.0941. The third-order valence-electron chi connectivity index (χ3n) is 5.00. The Hall–Kier alpha value is -4.03. The normalized spacial score (nSPS) is 11.8. The highest BCUT2D eigenvalue weighted by molar-refractivity contribution is 7.92. The Bertz CT molecular complexity index is 1580. The number of anilines is 1. The molecule has 11 nitrogen and oxygen atoms in total. The highest BCUT2D eigenvalue weighted by atomic mass is 35.5. The van der Waals surface area contributed by atoms with Crippen molar-refractivity contribution in [2.75, 3.05) is 4.72 Å². The van der Waals surface area contributed by atoms with Gasteiger partial charge in [0.2, 0.25) is 0 Å². The summed E-state index contributed by atoms with van der Waals surface area (Å²) in [6.45, 7) is 4.95. The van der Waals surface area contributed by atoms with E-state index in [0.29, 0.717) is 27.9 Å². The topological polar surface area (TPSA) is 152 Å². The van der Waals surface area contributed by atoms with Crippen LogP contribution in [0.3, 0.4) is 0 Å². The number of rotatable bonds is 6. The van der Waals surface area contributed by atoms with Crippen molar-refractivity contribution >= 4 is 44.9 Å². The van der Waals surface area contributed by atoms with E-state index in [9.17, 15) is 18.0 Å². The third-order valence-corrected chi connectivity index (χ3v) is 6.59. The molecule has 0 bridgehead atoms. The summed E-state index contributed by atoms with van der Waals surface area (Å²) in [7, 11) is -3.93. The molecule has 0 aliphatic carbocycles. The number of aryl methyl sites for hydroxylation is 3. The molecule has 0 spiro atoms. The van der Waals surface area contributed by atoms with Crippen LogP contribution in [-0.4, -0.2) is 29.1 Å². The Morgan fingerprint density at radius 3 is 2.31 bits per heavy atom. The molecule has 4 rings (SSSR count). The highest BCUT2D eigenvalue weighted by Gasteiger charge is 2.19. The minimum Gasteiger partial charge on any atom is -0.428 e. The molecule has 0 saturated carbocycles. The molecule has 13 heteroatoms. The first kappa shape index (κ1) is 24.1. The highest BCUT2D eigenvalue weighted by Crippen LogP contribution is 2.22. The van der Waals surface area contributed by atoms with Gasteiger partial charge in [0.1, 0.15) is 5.76 Å². The number of benzene rings is 2. The second kappa shape index (κ2) is 9.31. The maximum absolute atomic E-state index is 12.7. The SMILES string of the molecule is Cc1nc(NS(=O)(=O)c2ccc(N=Nc3c(C)[nH]n(C(=O)c4ccc(Cl)cc4)c3=O)cc2)oc1C. The van der Waals surface area contributed by atoms with Crippen molar-refractivity contribution in [1.29, 1.82) is 0 Å². The molecule has 180 valence electrons. The number of azo groups is 1. The number of hydrogen-bond donors (Lipinski definition) is 2. The number of nitrogens with zero attached hydrogens (tertiary/aromatic N) is 4. The van der Waals surface area contributed by atoms with Crippen LogP contribution in [0.2, 0.25) is 5.02 Å². The predicted molar refractivity (Wildman–Crippen MR) is 128 cm³/mol. The van der Waals surface area contributed by atoms with E-state index in [2.05, 4.69) is 25.0 Å². The molecular formula is C22H19ClN6O5S. The third kappa shape index (κ3) is 5.08. The molecule has 0 aliphatic heterocycles. The first-order valence-corrected chi connectivity index (χ1v) is 12.0. The first-order chi connectivity index (χ1) is 16.5. The van der Waals surface area contributed by atoms with E-state index in [1.165, 1.54) is 36.4 Å². The predicted octanol–water partition coefficient (Wildman–Crippen LogP) is 4.65. The van der Waals surface area contributed by atoms with Crippen molar-refractivity contribution in [2.45, 2.75) is 25.7 Å². The molecule has 2 aromatic heterocycles. The van der Waals surface area contributed by atoms with Gasteiger partial charge in [-0.15, -0.1) is 5.11 Å². The van der Waals surface area contributed by atoms with Gasteiger partial charge in [-0.05, 0) is 69.3 Å². The summed E-state index contributed by atoms with van der Waals surface area (Å²) in [4.78, 5) is 29.3. The number of H-pyrrole nitrogens is 1. The Morgan fingerprint density at radius 1 is 1.06 bits per heavy atom. The number of aromatic nitrogens is 3. The van der Waals surface area contributed by atoms with Crippen molar-refractivity contribution in [3.8, 4) is 0 Å². The summed E-state index contributed by atoms with van der Waals surface area (Å²) in [6.07, 6.45) is 0. The second-order valence-electron chi connectivity index (χ2n) is 7.50. The fourth-order valence-corrected chi connectivity index (χ4v) is 4.07. The fourth-order valence-electron chi connectivity index (χ4n) is 3.01. The van der Waals surface area contributed by atoms with Gasteiger partial charge >= 0.3 is 11.6 Å². The molecule has 2 heterocycles. The minimum atomic E-state index is -3.93. The van der Waals surface area contributed by atoms with Crippen LogP contribution in [0.1, 0.15) is 27.5 Å². The standard InChI is InChI=1S/C22H19ClN6O5S/c1-12-14(3)34-22(24-12)28-35(32,33)18-10-8-17(9-11-18)25-26-19-13(2)27-29(21(19)31)20(30)15-4-6-16(23)7-5-15/h4-11,27H,1-3H3,(H,24,28). The molecule has 0 unspecified atom stereocenters. The zero-order valence-electron chi connectivity index (χ0n) is 18.7. The largest absolute Gasteiger partial charge is 0.428 e. The number of nitrogens with one attached hydrogen (secondary N) is 2. The maximum atomic E-state index is 12.7. The number of sulfonamides is 1. The van der Waals surface area contributed by atoms with Gasteiger partial charge in [-0.1, -0.05) is 11.6 Å². The zero-order valence-corrected chi connectivity index (χ0v) is 20.3. The molecular weight excluding hydrogens is 496 g/mol. The number of aromatic amines is 1. The molecule has 2 N–H and O–H groups in total. The molecule has 0 atom stereocenters. The molecule has 0 aliphatic rings. The molecule has 35 heavy (non-hydrogen) atoms. The average Bonchev–Trinajstić information content (AvgIpc) is 3.28. The van der Waals surface area contributed by atoms with Gasteiger partial charge in [0.15, 0.2) is 5.69 Å². The Balaban J connectivity index is 1.53. The van der Waals surface area contributed by atoms with E-state index in [-0.39, 0.29) is 22.2 Å². The van der Waals surface area contributed by atoms with Crippen LogP contribution in [-0.2, 0) is 10.0 Å². The van der Waals surface area contributed by atoms with Crippen molar-refractivity contribution in [3.05, 3.63) is 86.6 Å². The van der Waals surface area contributed by atoms with Crippen LogP contribution in [0.5, 0.6) is 0 Å². The van der Waals surface area contributed by atoms with E-state index < -0.39 is 21.5 Å². The summed E-state index contributed by atoms with van der Waals surface area (Å²) >= 11 is 5.84. The second-order valence-corrected chi connectivity index (χ2v) is 9.62. The van der Waals surface area contributed by atoms with Gasteiger partial charge in [-0.2, -0.15) is 14.8 Å².